The summed E-state index contributed by atoms with van der Waals surface area (Å²) in [6, 6.07) is 10.0. The molecule has 0 unspecified atom stereocenters. The molecular weight excluding hydrogens is 432 g/mol. The highest BCUT2D eigenvalue weighted by molar-refractivity contribution is 6.07. The fourth-order valence-electron chi connectivity index (χ4n) is 3.17. The zero-order chi connectivity index (χ0) is 24.1. The molecule has 11 nitrogen and oxygen atoms in total. The zero-order valence-electron chi connectivity index (χ0n) is 18.4. The van der Waals surface area contributed by atoms with Crippen molar-refractivity contribution in [3.8, 4) is 17.2 Å². The van der Waals surface area contributed by atoms with Crippen molar-refractivity contribution in [3.05, 3.63) is 70.0 Å². The van der Waals surface area contributed by atoms with Crippen LogP contribution in [0.25, 0.3) is 0 Å². The molecular formula is C22H22N4O7. The van der Waals surface area contributed by atoms with Crippen LogP contribution in [-0.4, -0.2) is 42.6 Å². The van der Waals surface area contributed by atoms with Crippen LogP contribution in [-0.2, 0) is 7.05 Å². The van der Waals surface area contributed by atoms with Gasteiger partial charge in [-0.05, 0) is 12.1 Å². The minimum absolute atomic E-state index is 0.122. The molecule has 11 heteroatoms. The lowest BCUT2D eigenvalue weighted by Crippen LogP contribution is -2.15. The third kappa shape index (κ3) is 5.03. The van der Waals surface area contributed by atoms with Gasteiger partial charge in [-0.25, -0.2) is 0 Å². The Morgan fingerprint density at radius 2 is 1.55 bits per heavy atom. The van der Waals surface area contributed by atoms with Gasteiger partial charge in [0.25, 0.3) is 17.5 Å². The number of carbonyl (C=O) groups excluding carboxylic acids is 2. The number of nitrogens with one attached hydrogen (secondary N) is 2. The summed E-state index contributed by atoms with van der Waals surface area (Å²) >= 11 is 0. The summed E-state index contributed by atoms with van der Waals surface area (Å²) in [6.45, 7) is 0. The molecule has 0 aliphatic heterocycles. The standard InChI is InChI=1S/C22H22N4O7/c1-25-12-15(24-21(27)13-6-5-7-16(8-13)26(29)30)9-17(25)22(28)23-14-10-18(31-2)20(33-4)19(11-14)32-3/h5-12H,1-4H3,(H,23,28)(H,24,27). The highest BCUT2D eigenvalue weighted by Crippen LogP contribution is 2.40. The lowest BCUT2D eigenvalue weighted by molar-refractivity contribution is -0.384. The van der Waals surface area contributed by atoms with Gasteiger partial charge in [0.1, 0.15) is 5.69 Å². The van der Waals surface area contributed by atoms with E-state index in [4.69, 9.17) is 14.2 Å². The second-order valence-corrected chi connectivity index (χ2v) is 6.85. The number of non-ortho nitro benzene ring substituents is 1. The Labute approximate surface area is 189 Å². The SMILES string of the molecule is COc1cc(NC(=O)c2cc(NC(=O)c3cccc([N+](=O)[O-])c3)cn2C)cc(OC)c1OC. The first-order chi connectivity index (χ1) is 15.8. The Morgan fingerprint density at radius 3 is 2.12 bits per heavy atom. The molecule has 0 bridgehead atoms. The largest absolute Gasteiger partial charge is 0.493 e. The Bertz CT molecular complexity index is 1190. The number of aryl methyl sites for hydroxylation is 1. The summed E-state index contributed by atoms with van der Waals surface area (Å²) in [7, 11) is 6.06. The first-order valence-electron chi connectivity index (χ1n) is 9.61. The molecule has 0 aliphatic rings. The first kappa shape index (κ1) is 23.1. The molecule has 172 valence electrons. The van der Waals surface area contributed by atoms with E-state index in [1.807, 2.05) is 0 Å². The number of anilines is 2. The Morgan fingerprint density at radius 1 is 0.909 bits per heavy atom. The van der Waals surface area contributed by atoms with E-state index in [1.165, 1.54) is 56.2 Å². The van der Waals surface area contributed by atoms with E-state index >= 15 is 0 Å². The quantitative estimate of drug-likeness (QED) is 0.393. The number of methoxy groups -OCH3 is 3. The van der Waals surface area contributed by atoms with Crippen LogP contribution in [0.15, 0.2) is 48.7 Å². The molecule has 0 aliphatic carbocycles. The number of benzene rings is 2. The molecule has 0 atom stereocenters. The molecule has 0 saturated heterocycles. The Balaban J connectivity index is 1.79. The van der Waals surface area contributed by atoms with Crippen molar-refractivity contribution in [3.63, 3.8) is 0 Å². The molecule has 33 heavy (non-hydrogen) atoms. The van der Waals surface area contributed by atoms with E-state index in [9.17, 15) is 19.7 Å². The van der Waals surface area contributed by atoms with E-state index in [1.54, 1.807) is 25.4 Å². The minimum atomic E-state index is -0.578. The molecule has 1 aromatic heterocycles. The number of hydrogen-bond donors (Lipinski definition) is 2. The van der Waals surface area contributed by atoms with Gasteiger partial charge in [0.05, 0.1) is 31.9 Å². The predicted molar refractivity (Wildman–Crippen MR) is 121 cm³/mol. The molecule has 0 spiro atoms. The Hall–Kier alpha value is -4.54. The van der Waals surface area contributed by atoms with E-state index in [0.717, 1.165) is 0 Å². The van der Waals surface area contributed by atoms with Crippen LogP contribution in [0.5, 0.6) is 17.2 Å². The van der Waals surface area contributed by atoms with Crippen LogP contribution in [0.3, 0.4) is 0 Å². The molecule has 1 heterocycles. The van der Waals surface area contributed by atoms with Gasteiger partial charge in [0.15, 0.2) is 11.5 Å². The average molecular weight is 454 g/mol. The monoisotopic (exact) mass is 454 g/mol. The molecule has 3 aromatic rings. The normalized spacial score (nSPS) is 10.3. The molecule has 2 aromatic carbocycles. The molecule has 0 saturated carbocycles. The minimum Gasteiger partial charge on any atom is -0.493 e. The van der Waals surface area contributed by atoms with Gasteiger partial charge < -0.3 is 29.4 Å². The van der Waals surface area contributed by atoms with Crippen molar-refractivity contribution >= 4 is 28.9 Å². The second kappa shape index (κ2) is 9.73. The average Bonchev–Trinajstić information content (AvgIpc) is 3.18. The van der Waals surface area contributed by atoms with E-state index in [-0.39, 0.29) is 16.9 Å². The molecule has 2 amide bonds. The van der Waals surface area contributed by atoms with Crippen molar-refractivity contribution in [1.29, 1.82) is 0 Å². The van der Waals surface area contributed by atoms with Crippen LogP contribution in [0, 0.1) is 10.1 Å². The number of rotatable bonds is 8. The van der Waals surface area contributed by atoms with Crippen LogP contribution >= 0.6 is 0 Å². The summed E-state index contributed by atoms with van der Waals surface area (Å²) in [5, 5.41) is 16.3. The molecule has 0 fully saturated rings. The van der Waals surface area contributed by atoms with Gasteiger partial charge in [0.2, 0.25) is 5.75 Å². The maximum atomic E-state index is 12.8. The topological polar surface area (TPSA) is 134 Å². The summed E-state index contributed by atoms with van der Waals surface area (Å²) in [4.78, 5) is 35.7. The molecule has 0 radical (unpaired) electrons. The summed E-state index contributed by atoms with van der Waals surface area (Å²) in [6.07, 6.45) is 1.55. The van der Waals surface area contributed by atoms with Gasteiger partial charge >= 0.3 is 0 Å². The van der Waals surface area contributed by atoms with E-state index in [2.05, 4.69) is 10.6 Å². The smallest absolute Gasteiger partial charge is 0.272 e. The van der Waals surface area contributed by atoms with E-state index < -0.39 is 16.7 Å². The number of nitro benzene ring substituents is 1. The Kier molecular flexibility index (Phi) is 6.82. The highest BCUT2D eigenvalue weighted by Gasteiger charge is 2.18. The van der Waals surface area contributed by atoms with E-state index in [0.29, 0.717) is 28.6 Å². The van der Waals surface area contributed by atoms with Crippen LogP contribution in [0.1, 0.15) is 20.8 Å². The van der Waals surface area contributed by atoms with Gasteiger partial charge in [-0.3, -0.25) is 19.7 Å². The van der Waals surface area contributed by atoms with Crippen LogP contribution in [0.4, 0.5) is 17.1 Å². The zero-order valence-corrected chi connectivity index (χ0v) is 18.4. The predicted octanol–water partition coefficient (Wildman–Crippen LogP) is 3.46. The summed E-state index contributed by atoms with van der Waals surface area (Å²) in [5.41, 5.74) is 0.956. The lowest BCUT2D eigenvalue weighted by atomic mass is 10.2. The fraction of sp³-hybridized carbons (Fsp3) is 0.182. The second-order valence-electron chi connectivity index (χ2n) is 6.85. The van der Waals surface area contributed by atoms with Crippen molar-refractivity contribution in [2.75, 3.05) is 32.0 Å². The third-order valence-electron chi connectivity index (χ3n) is 4.74. The molecule has 2 N–H and O–H groups in total. The van der Waals surface area contributed by atoms with Crippen LogP contribution in [0.2, 0.25) is 0 Å². The van der Waals surface area contributed by atoms with Crippen molar-refractivity contribution < 1.29 is 28.7 Å². The number of ether oxygens (including phenoxy) is 3. The number of hydrogen-bond acceptors (Lipinski definition) is 7. The number of nitrogens with zero attached hydrogens (tertiary/aromatic N) is 2. The number of amides is 2. The maximum absolute atomic E-state index is 12.8. The van der Waals surface area contributed by atoms with Gasteiger partial charge in [-0.15, -0.1) is 0 Å². The number of aromatic nitrogens is 1. The number of carbonyl (C=O) groups is 2. The van der Waals surface area contributed by atoms with Gasteiger partial charge in [-0.2, -0.15) is 0 Å². The van der Waals surface area contributed by atoms with Crippen molar-refractivity contribution in [1.82, 2.24) is 4.57 Å². The fourth-order valence-corrected chi connectivity index (χ4v) is 3.17. The van der Waals surface area contributed by atoms with Gasteiger partial charge in [0, 0.05) is 48.8 Å². The van der Waals surface area contributed by atoms with Crippen molar-refractivity contribution in [2.45, 2.75) is 0 Å². The molecule has 3 rings (SSSR count). The summed E-state index contributed by atoms with van der Waals surface area (Å²) in [5.74, 6) is 0.166. The first-order valence-corrected chi connectivity index (χ1v) is 9.61. The summed E-state index contributed by atoms with van der Waals surface area (Å²) < 4.78 is 17.4. The van der Waals surface area contributed by atoms with Crippen molar-refractivity contribution in [2.24, 2.45) is 7.05 Å². The number of nitro groups is 1. The lowest BCUT2D eigenvalue weighted by Gasteiger charge is -2.14. The van der Waals surface area contributed by atoms with Gasteiger partial charge in [-0.1, -0.05) is 6.07 Å². The van der Waals surface area contributed by atoms with Crippen LogP contribution < -0.4 is 24.8 Å². The maximum Gasteiger partial charge on any atom is 0.272 e. The highest BCUT2D eigenvalue weighted by atomic mass is 16.6. The third-order valence-corrected chi connectivity index (χ3v) is 4.74.